The highest BCUT2D eigenvalue weighted by molar-refractivity contribution is 7.89. The zero-order valence-electron chi connectivity index (χ0n) is 13.4. The molecule has 1 N–H and O–H groups in total. The number of anilines is 1. The first-order chi connectivity index (χ1) is 11.8. The number of nitrogens with zero attached hydrogens (tertiary/aromatic N) is 3. The first-order valence-electron chi connectivity index (χ1n) is 7.20. The first kappa shape index (κ1) is 17.9. The number of amides is 1. The van der Waals surface area contributed by atoms with Crippen molar-refractivity contribution >= 4 is 49.5 Å². The number of nitrogens with one attached hydrogen (secondary N) is 1. The molecule has 0 atom stereocenters. The summed E-state index contributed by atoms with van der Waals surface area (Å²) in [5.74, 6) is -0.290. The van der Waals surface area contributed by atoms with Gasteiger partial charge in [0.1, 0.15) is 4.90 Å². The van der Waals surface area contributed by atoms with Crippen molar-refractivity contribution in [1.82, 2.24) is 13.7 Å². The third-order valence-corrected chi connectivity index (χ3v) is 6.53. The van der Waals surface area contributed by atoms with Gasteiger partial charge in [0.2, 0.25) is 15.9 Å². The summed E-state index contributed by atoms with van der Waals surface area (Å²) in [7, 11) is -0.863. The number of rotatable bonds is 5. The number of carbonyl (C=O) groups is 1. The van der Waals surface area contributed by atoms with Gasteiger partial charge >= 0.3 is 0 Å². The molecule has 0 unspecified atom stereocenters. The lowest BCUT2D eigenvalue weighted by Gasteiger charge is -2.14. The summed E-state index contributed by atoms with van der Waals surface area (Å²) in [6, 6.07) is 4.35. The Kier molecular flexibility index (Phi) is 4.83. The number of hydrogen-bond acceptors (Lipinski definition) is 5. The van der Waals surface area contributed by atoms with Gasteiger partial charge in [-0.2, -0.15) is 0 Å². The Hall–Kier alpha value is -1.94. The standard InChI is InChI=1S/C15H15ClN4O3S2/c1-19(2)25(22,23)13-7-10(3-4-12(13)16)17-14(21)8-11-9-20-5-6-24-15(20)18-11/h3-7,9H,8H2,1-2H3,(H,17,21). The third kappa shape index (κ3) is 3.69. The van der Waals surface area contributed by atoms with E-state index in [-0.39, 0.29) is 22.2 Å². The van der Waals surface area contributed by atoms with Crippen LogP contribution >= 0.6 is 22.9 Å². The van der Waals surface area contributed by atoms with Crippen molar-refractivity contribution in [1.29, 1.82) is 0 Å². The molecule has 2 aromatic heterocycles. The lowest BCUT2D eigenvalue weighted by molar-refractivity contribution is -0.115. The van der Waals surface area contributed by atoms with Crippen molar-refractivity contribution in [2.24, 2.45) is 0 Å². The van der Waals surface area contributed by atoms with Crippen molar-refractivity contribution < 1.29 is 13.2 Å². The van der Waals surface area contributed by atoms with Gasteiger partial charge in [0.25, 0.3) is 0 Å². The number of sulfonamides is 1. The molecule has 0 radical (unpaired) electrons. The number of halogens is 1. The van der Waals surface area contributed by atoms with Gasteiger partial charge in [0.05, 0.1) is 17.1 Å². The second-order valence-corrected chi connectivity index (χ2v) is 8.88. The Morgan fingerprint density at radius 3 is 2.84 bits per heavy atom. The smallest absolute Gasteiger partial charge is 0.244 e. The van der Waals surface area contributed by atoms with E-state index < -0.39 is 10.0 Å². The van der Waals surface area contributed by atoms with Gasteiger partial charge in [-0.15, -0.1) is 11.3 Å². The molecule has 132 valence electrons. The minimum atomic E-state index is -3.70. The molecule has 0 aliphatic carbocycles. The minimum absolute atomic E-state index is 0.0560. The Morgan fingerprint density at radius 1 is 1.40 bits per heavy atom. The van der Waals surface area contributed by atoms with E-state index in [0.717, 1.165) is 9.27 Å². The topological polar surface area (TPSA) is 83.8 Å². The molecule has 0 aliphatic heterocycles. The molecule has 10 heteroatoms. The van der Waals surface area contributed by atoms with E-state index in [0.29, 0.717) is 11.4 Å². The first-order valence-corrected chi connectivity index (χ1v) is 9.90. The normalized spacial score (nSPS) is 12.0. The number of fused-ring (bicyclic) bond motifs is 1. The summed E-state index contributed by atoms with van der Waals surface area (Å²) >= 11 is 7.48. The van der Waals surface area contributed by atoms with Crippen LogP contribution in [0.4, 0.5) is 5.69 Å². The molecular formula is C15H15ClN4O3S2. The van der Waals surface area contributed by atoms with Crippen LogP contribution in [0.5, 0.6) is 0 Å². The van der Waals surface area contributed by atoms with Crippen LogP contribution in [0, 0.1) is 0 Å². The summed E-state index contributed by atoms with van der Waals surface area (Å²) in [5.41, 5.74) is 0.996. The number of thiazole rings is 1. The van der Waals surface area contributed by atoms with Crippen LogP contribution in [-0.2, 0) is 21.2 Å². The van der Waals surface area contributed by atoms with Gasteiger partial charge < -0.3 is 5.32 Å². The van der Waals surface area contributed by atoms with Crippen LogP contribution < -0.4 is 5.32 Å². The summed E-state index contributed by atoms with van der Waals surface area (Å²) < 4.78 is 27.4. The van der Waals surface area contributed by atoms with Crippen molar-refractivity contribution in [3.8, 4) is 0 Å². The van der Waals surface area contributed by atoms with Crippen molar-refractivity contribution in [3.05, 3.63) is 46.7 Å². The molecule has 1 amide bonds. The molecule has 0 saturated carbocycles. The maximum absolute atomic E-state index is 12.3. The average Bonchev–Trinajstić information content (AvgIpc) is 3.10. The van der Waals surface area contributed by atoms with E-state index in [2.05, 4.69) is 10.3 Å². The molecule has 3 aromatic rings. The lowest BCUT2D eigenvalue weighted by atomic mass is 10.3. The Labute approximate surface area is 153 Å². The van der Waals surface area contributed by atoms with Gasteiger partial charge in [-0.05, 0) is 18.2 Å². The molecule has 0 aliphatic rings. The number of aromatic nitrogens is 2. The zero-order chi connectivity index (χ0) is 18.2. The molecule has 0 fully saturated rings. The Balaban J connectivity index is 1.78. The summed E-state index contributed by atoms with van der Waals surface area (Å²) in [4.78, 5) is 17.3. The van der Waals surface area contributed by atoms with Crippen molar-refractivity contribution in [3.63, 3.8) is 0 Å². The molecule has 0 bridgehead atoms. The summed E-state index contributed by atoms with van der Waals surface area (Å²) in [5, 5.41) is 4.69. The second-order valence-electron chi connectivity index (χ2n) is 5.48. The predicted molar refractivity (Wildman–Crippen MR) is 97.7 cm³/mol. The van der Waals surface area contributed by atoms with Crippen LogP contribution in [0.25, 0.3) is 4.96 Å². The van der Waals surface area contributed by atoms with E-state index >= 15 is 0 Å². The van der Waals surface area contributed by atoms with Crippen LogP contribution in [0.3, 0.4) is 0 Å². The highest BCUT2D eigenvalue weighted by Gasteiger charge is 2.21. The van der Waals surface area contributed by atoms with Gasteiger partial charge in [-0.25, -0.2) is 17.7 Å². The molecule has 3 rings (SSSR count). The van der Waals surface area contributed by atoms with E-state index in [4.69, 9.17) is 11.6 Å². The molecule has 25 heavy (non-hydrogen) atoms. The fourth-order valence-electron chi connectivity index (χ4n) is 2.21. The van der Waals surface area contributed by atoms with Gasteiger partial charge in [-0.1, -0.05) is 11.6 Å². The van der Waals surface area contributed by atoms with Crippen LogP contribution in [0.15, 0.2) is 40.9 Å². The van der Waals surface area contributed by atoms with Crippen LogP contribution in [-0.4, -0.2) is 42.1 Å². The Morgan fingerprint density at radius 2 is 2.16 bits per heavy atom. The largest absolute Gasteiger partial charge is 0.326 e. The molecule has 0 spiro atoms. The van der Waals surface area contributed by atoms with E-state index in [9.17, 15) is 13.2 Å². The SMILES string of the molecule is CN(C)S(=O)(=O)c1cc(NC(=O)Cc2cn3ccsc3n2)ccc1Cl. The fraction of sp³-hybridized carbons (Fsp3) is 0.200. The maximum Gasteiger partial charge on any atom is 0.244 e. The fourth-order valence-corrected chi connectivity index (χ4v) is 4.32. The van der Waals surface area contributed by atoms with Crippen LogP contribution in [0.1, 0.15) is 5.69 Å². The molecule has 2 heterocycles. The quantitative estimate of drug-likeness (QED) is 0.715. The maximum atomic E-state index is 12.3. The van der Waals surface area contributed by atoms with E-state index in [1.165, 1.54) is 37.6 Å². The van der Waals surface area contributed by atoms with E-state index in [1.807, 2.05) is 16.0 Å². The monoisotopic (exact) mass is 398 g/mol. The van der Waals surface area contributed by atoms with Gasteiger partial charge in [0.15, 0.2) is 4.96 Å². The van der Waals surface area contributed by atoms with Gasteiger partial charge in [-0.3, -0.25) is 9.20 Å². The molecule has 7 nitrogen and oxygen atoms in total. The predicted octanol–water partition coefficient (Wildman–Crippen LogP) is 2.48. The third-order valence-electron chi connectivity index (χ3n) is 3.46. The van der Waals surface area contributed by atoms with Gasteiger partial charge in [0, 0.05) is 37.6 Å². The van der Waals surface area contributed by atoms with Crippen molar-refractivity contribution in [2.75, 3.05) is 19.4 Å². The lowest BCUT2D eigenvalue weighted by Crippen LogP contribution is -2.23. The number of hydrogen-bond donors (Lipinski definition) is 1. The average molecular weight is 399 g/mol. The van der Waals surface area contributed by atoms with Crippen LogP contribution in [0.2, 0.25) is 5.02 Å². The van der Waals surface area contributed by atoms with E-state index in [1.54, 1.807) is 12.3 Å². The summed E-state index contributed by atoms with van der Waals surface area (Å²) in [6.07, 6.45) is 3.74. The number of carbonyl (C=O) groups excluding carboxylic acids is 1. The Bertz CT molecular complexity index is 1010. The zero-order valence-corrected chi connectivity index (χ0v) is 15.8. The highest BCUT2D eigenvalue weighted by atomic mass is 35.5. The molecule has 0 saturated heterocycles. The van der Waals surface area contributed by atoms with Crippen molar-refractivity contribution in [2.45, 2.75) is 11.3 Å². The molecule has 1 aromatic carbocycles. The number of benzene rings is 1. The summed E-state index contributed by atoms with van der Waals surface area (Å²) in [6.45, 7) is 0. The second kappa shape index (κ2) is 6.75. The molecular weight excluding hydrogens is 384 g/mol. The minimum Gasteiger partial charge on any atom is -0.326 e. The number of imidazole rings is 1. The highest BCUT2D eigenvalue weighted by Crippen LogP contribution is 2.27.